The summed E-state index contributed by atoms with van der Waals surface area (Å²) in [6.45, 7) is -0.0979. The Balaban J connectivity index is 2.01. The molecule has 0 aliphatic rings. The molecule has 10 heteroatoms. The Labute approximate surface area is 158 Å². The van der Waals surface area contributed by atoms with E-state index in [0.29, 0.717) is 6.07 Å². The molecule has 3 aromatic rings. The van der Waals surface area contributed by atoms with Crippen LogP contribution in [0.3, 0.4) is 0 Å². The van der Waals surface area contributed by atoms with Crippen LogP contribution in [-0.2, 0) is 4.74 Å². The largest absolute Gasteiger partial charge is 0.393 e. The first kappa shape index (κ1) is 19.4. The number of aromatic nitrogens is 2. The highest BCUT2D eigenvalue weighted by Gasteiger charge is 2.21. The van der Waals surface area contributed by atoms with Crippen molar-refractivity contribution in [3.63, 3.8) is 0 Å². The fourth-order valence-corrected chi connectivity index (χ4v) is 2.44. The number of hydrazine groups is 1. The lowest BCUT2D eigenvalue weighted by Gasteiger charge is -2.23. The van der Waals surface area contributed by atoms with E-state index >= 15 is 0 Å². The average molecular weight is 391 g/mol. The van der Waals surface area contributed by atoms with Gasteiger partial charge in [0.1, 0.15) is 23.1 Å². The molecule has 4 N–H and O–H groups in total. The van der Waals surface area contributed by atoms with Crippen LogP contribution in [0.2, 0.25) is 0 Å². The number of rotatable bonds is 6. The number of para-hydroxylation sites is 1. The van der Waals surface area contributed by atoms with Crippen molar-refractivity contribution in [2.24, 2.45) is 11.6 Å². The molecule has 0 radical (unpaired) electrons. The zero-order valence-electron chi connectivity index (χ0n) is 14.7. The summed E-state index contributed by atoms with van der Waals surface area (Å²) in [7, 11) is 1.40. The third-order valence-corrected chi connectivity index (χ3v) is 3.82. The van der Waals surface area contributed by atoms with Gasteiger partial charge in [0.2, 0.25) is 5.82 Å². The minimum atomic E-state index is -0.862. The summed E-state index contributed by atoms with van der Waals surface area (Å²) in [6.07, 6.45) is 0. The fourth-order valence-electron chi connectivity index (χ4n) is 2.44. The van der Waals surface area contributed by atoms with E-state index in [9.17, 15) is 13.2 Å². The van der Waals surface area contributed by atoms with Crippen LogP contribution in [0.15, 0.2) is 52.7 Å². The van der Waals surface area contributed by atoms with E-state index < -0.39 is 17.5 Å². The van der Waals surface area contributed by atoms with E-state index in [0.717, 1.165) is 11.1 Å². The predicted octanol–water partition coefficient (Wildman–Crippen LogP) is 2.81. The topological polar surface area (TPSA) is 103 Å². The molecule has 0 spiro atoms. The van der Waals surface area contributed by atoms with Crippen molar-refractivity contribution in [2.75, 3.05) is 18.7 Å². The van der Waals surface area contributed by atoms with Crippen molar-refractivity contribution >= 4 is 11.4 Å². The van der Waals surface area contributed by atoms with Crippen LogP contribution in [0.25, 0.3) is 17.1 Å². The predicted molar refractivity (Wildman–Crippen MR) is 95.7 cm³/mol. The molecule has 1 aromatic heterocycles. The Kier molecular flexibility index (Phi) is 5.62. The molecule has 0 bridgehead atoms. The normalized spacial score (nSPS) is 12.0. The maximum atomic E-state index is 14.1. The summed E-state index contributed by atoms with van der Waals surface area (Å²) in [5, 5.41) is 4.65. The third-order valence-electron chi connectivity index (χ3n) is 3.82. The Morgan fingerprint density at radius 2 is 1.89 bits per heavy atom. The highest BCUT2D eigenvalue weighted by atomic mass is 19.1. The van der Waals surface area contributed by atoms with Crippen LogP contribution in [0.1, 0.15) is 5.89 Å². The quantitative estimate of drug-likeness (QED) is 0.492. The molecule has 0 amide bonds. The molecule has 0 saturated carbocycles. The molecule has 2 aromatic carbocycles. The first-order valence-corrected chi connectivity index (χ1v) is 7.98. The molecule has 0 fully saturated rings. The van der Waals surface area contributed by atoms with Gasteiger partial charge in [0, 0.05) is 13.2 Å². The number of ether oxygens (including phenoxy) is 1. The van der Waals surface area contributed by atoms with Gasteiger partial charge in [0.25, 0.3) is 5.89 Å². The zero-order chi connectivity index (χ0) is 20.3. The number of nitrogens with zero attached hydrogens (tertiary/aromatic N) is 3. The molecular weight excluding hydrogens is 375 g/mol. The second kappa shape index (κ2) is 8.11. The average Bonchev–Trinajstić information content (AvgIpc) is 3.15. The number of hydrogen-bond donors (Lipinski definition) is 2. The van der Waals surface area contributed by atoms with E-state index in [1.165, 1.54) is 31.4 Å². The van der Waals surface area contributed by atoms with Crippen LogP contribution in [-0.4, -0.2) is 23.9 Å². The summed E-state index contributed by atoms with van der Waals surface area (Å²) in [5.41, 5.74) is 6.10. The first-order chi connectivity index (χ1) is 13.4. The van der Waals surface area contributed by atoms with Crippen molar-refractivity contribution in [3.05, 3.63) is 71.5 Å². The molecule has 0 aliphatic carbocycles. The summed E-state index contributed by atoms with van der Waals surface area (Å²) in [6, 6.07) is 8.72. The highest BCUT2D eigenvalue weighted by Crippen LogP contribution is 2.25. The molecule has 0 atom stereocenters. The van der Waals surface area contributed by atoms with Crippen molar-refractivity contribution in [1.29, 1.82) is 0 Å². The lowest BCUT2D eigenvalue weighted by molar-refractivity contribution is 0.223. The molecule has 0 saturated heterocycles. The van der Waals surface area contributed by atoms with Gasteiger partial charge in [-0.3, -0.25) is 5.01 Å². The van der Waals surface area contributed by atoms with Gasteiger partial charge >= 0.3 is 0 Å². The number of hydrogen-bond acceptors (Lipinski definition) is 7. The highest BCUT2D eigenvalue weighted by molar-refractivity contribution is 5.67. The minimum Gasteiger partial charge on any atom is -0.393 e. The lowest BCUT2D eigenvalue weighted by atomic mass is 10.2. The molecule has 28 heavy (non-hydrogen) atoms. The van der Waals surface area contributed by atoms with Gasteiger partial charge in [-0.15, -0.1) is 0 Å². The molecule has 3 rings (SSSR count). The number of halogens is 3. The Morgan fingerprint density at radius 1 is 1.14 bits per heavy atom. The summed E-state index contributed by atoms with van der Waals surface area (Å²) in [4.78, 5) is 4.02. The molecule has 0 aliphatic heterocycles. The van der Waals surface area contributed by atoms with E-state index in [1.807, 2.05) is 0 Å². The summed E-state index contributed by atoms with van der Waals surface area (Å²) < 4.78 is 51.2. The molecule has 7 nitrogen and oxygen atoms in total. The van der Waals surface area contributed by atoms with Crippen LogP contribution >= 0.6 is 0 Å². The minimum absolute atomic E-state index is 0.0433. The zero-order valence-corrected chi connectivity index (χ0v) is 14.7. The van der Waals surface area contributed by atoms with E-state index in [2.05, 4.69) is 10.1 Å². The van der Waals surface area contributed by atoms with Crippen LogP contribution in [0, 0.1) is 17.5 Å². The number of anilines is 1. The third kappa shape index (κ3) is 3.82. The summed E-state index contributed by atoms with van der Waals surface area (Å²) in [5.74, 6) is 3.51. The van der Waals surface area contributed by atoms with Crippen molar-refractivity contribution in [2.45, 2.75) is 0 Å². The summed E-state index contributed by atoms with van der Waals surface area (Å²) >= 11 is 0. The molecule has 0 unspecified atom stereocenters. The number of nitrogens with two attached hydrogens (primary N) is 2. The second-order valence-electron chi connectivity index (χ2n) is 5.66. The molecular formula is C18H16F3N5O2. The monoisotopic (exact) mass is 391 g/mol. The van der Waals surface area contributed by atoms with Crippen molar-refractivity contribution < 1.29 is 22.4 Å². The van der Waals surface area contributed by atoms with Crippen molar-refractivity contribution in [3.8, 4) is 11.4 Å². The smallest absolute Gasteiger partial charge is 0.276 e. The van der Waals surface area contributed by atoms with Crippen LogP contribution < -0.4 is 16.6 Å². The lowest BCUT2D eigenvalue weighted by Crippen LogP contribution is -2.35. The van der Waals surface area contributed by atoms with Crippen molar-refractivity contribution in [1.82, 2.24) is 10.1 Å². The van der Waals surface area contributed by atoms with E-state index in [1.54, 1.807) is 6.07 Å². The van der Waals surface area contributed by atoms with Gasteiger partial charge in [0.15, 0.2) is 0 Å². The second-order valence-corrected chi connectivity index (χ2v) is 5.66. The number of methoxy groups -OCH3 is 1. The Morgan fingerprint density at radius 3 is 2.57 bits per heavy atom. The van der Waals surface area contributed by atoms with Crippen LogP contribution in [0.5, 0.6) is 0 Å². The SMILES string of the molecule is COC/C(=C(/N)c1nc(-c2ccc(F)cc2F)no1)N(N)c1ccccc1F. The molecule has 146 valence electrons. The maximum Gasteiger partial charge on any atom is 0.276 e. The van der Waals surface area contributed by atoms with Gasteiger partial charge in [-0.25, -0.2) is 19.0 Å². The Bertz CT molecular complexity index is 1020. The van der Waals surface area contributed by atoms with Gasteiger partial charge in [0.05, 0.1) is 23.6 Å². The van der Waals surface area contributed by atoms with Gasteiger partial charge in [-0.05, 0) is 24.3 Å². The van der Waals surface area contributed by atoms with E-state index in [4.69, 9.17) is 20.8 Å². The van der Waals surface area contributed by atoms with E-state index in [-0.39, 0.29) is 41.0 Å². The Hall–Kier alpha value is -3.37. The van der Waals surface area contributed by atoms with Crippen LogP contribution in [0.4, 0.5) is 18.9 Å². The van der Waals surface area contributed by atoms with Gasteiger partial charge in [-0.2, -0.15) is 4.98 Å². The standard InChI is InChI=1S/C18H16F3N5O2/c1-27-9-15(26(23)14-5-3-2-4-12(14)20)16(22)18-24-17(25-28-18)11-7-6-10(19)8-13(11)21/h2-8H,9,22-23H2,1H3/b16-15-. The number of benzene rings is 2. The maximum absolute atomic E-state index is 14.1. The molecule has 1 heterocycles. The fraction of sp³-hybridized carbons (Fsp3) is 0.111. The van der Waals surface area contributed by atoms with Gasteiger partial charge < -0.3 is 15.0 Å². The first-order valence-electron chi connectivity index (χ1n) is 7.98. The van der Waals surface area contributed by atoms with Gasteiger partial charge in [-0.1, -0.05) is 17.3 Å².